The molecule has 1 spiro atoms. The second-order valence-electron chi connectivity index (χ2n) is 7.07. The second kappa shape index (κ2) is 5.11. The summed E-state index contributed by atoms with van der Waals surface area (Å²) in [5.74, 6) is 1.82. The standard InChI is InChI=1S/C19H20N2O3/c22-18-21(13-19(24-18)12-20-10-8-15(19)9-11-20)17-7-6-16(23-17)14-4-2-1-3-5-14/h1-7,15H,8-13H2/t19-/m1/s1. The molecule has 5 heteroatoms. The van der Waals surface area contributed by atoms with Gasteiger partial charge in [0.25, 0.3) is 0 Å². The summed E-state index contributed by atoms with van der Waals surface area (Å²) in [6.07, 6.45) is 1.96. The van der Waals surface area contributed by atoms with Gasteiger partial charge in [-0.2, -0.15) is 0 Å². The minimum absolute atomic E-state index is 0.280. The molecule has 5 heterocycles. The van der Waals surface area contributed by atoms with E-state index in [0.29, 0.717) is 18.3 Å². The third-order valence-electron chi connectivity index (χ3n) is 5.68. The van der Waals surface area contributed by atoms with Gasteiger partial charge in [-0.3, -0.25) is 4.90 Å². The Morgan fingerprint density at radius 1 is 1.00 bits per heavy atom. The molecule has 0 saturated carbocycles. The Hall–Kier alpha value is -2.27. The first-order chi connectivity index (χ1) is 11.7. The van der Waals surface area contributed by atoms with Gasteiger partial charge in [-0.1, -0.05) is 30.3 Å². The summed E-state index contributed by atoms with van der Waals surface area (Å²) in [6.45, 7) is 3.70. The summed E-state index contributed by atoms with van der Waals surface area (Å²) in [5, 5.41) is 0. The fourth-order valence-electron chi connectivity index (χ4n) is 4.41. The number of piperidine rings is 3. The number of hydrogen-bond donors (Lipinski definition) is 0. The average Bonchev–Trinajstić information content (AvgIpc) is 3.22. The first kappa shape index (κ1) is 14.1. The molecular formula is C19H20N2O3. The number of amides is 1. The summed E-state index contributed by atoms with van der Waals surface area (Å²) >= 11 is 0. The summed E-state index contributed by atoms with van der Waals surface area (Å²) in [6, 6.07) is 13.7. The molecule has 4 aliphatic heterocycles. The van der Waals surface area contributed by atoms with Crippen LogP contribution in [-0.2, 0) is 4.74 Å². The van der Waals surface area contributed by atoms with E-state index in [0.717, 1.165) is 43.8 Å². The monoisotopic (exact) mass is 324 g/mol. The van der Waals surface area contributed by atoms with Crippen molar-refractivity contribution in [2.45, 2.75) is 18.4 Å². The van der Waals surface area contributed by atoms with Gasteiger partial charge in [0.2, 0.25) is 5.88 Å². The molecule has 1 amide bonds. The summed E-state index contributed by atoms with van der Waals surface area (Å²) < 4.78 is 11.8. The molecular weight excluding hydrogens is 304 g/mol. The SMILES string of the molecule is O=C1O[C@]2(CN3CCC2CC3)CN1c1ccc(-c2ccccc2)o1. The van der Waals surface area contributed by atoms with Gasteiger partial charge >= 0.3 is 6.09 Å². The number of fused-ring (bicyclic) bond motifs is 2. The largest absolute Gasteiger partial charge is 0.440 e. The van der Waals surface area contributed by atoms with E-state index in [9.17, 15) is 4.79 Å². The lowest BCUT2D eigenvalue weighted by Crippen LogP contribution is -2.61. The first-order valence-electron chi connectivity index (χ1n) is 8.62. The molecule has 6 rings (SSSR count). The van der Waals surface area contributed by atoms with E-state index in [1.807, 2.05) is 42.5 Å². The molecule has 4 aliphatic rings. The quantitative estimate of drug-likeness (QED) is 0.850. The molecule has 1 aromatic heterocycles. The molecule has 0 radical (unpaired) electrons. The molecule has 2 bridgehead atoms. The van der Waals surface area contributed by atoms with Crippen molar-refractivity contribution in [2.75, 3.05) is 31.1 Å². The molecule has 0 aliphatic carbocycles. The van der Waals surface area contributed by atoms with Crippen LogP contribution in [0.2, 0.25) is 0 Å². The van der Waals surface area contributed by atoms with Crippen molar-refractivity contribution in [3.8, 4) is 11.3 Å². The maximum Gasteiger partial charge on any atom is 0.417 e. The highest BCUT2D eigenvalue weighted by Gasteiger charge is 2.56. The van der Waals surface area contributed by atoms with E-state index in [2.05, 4.69) is 4.90 Å². The Balaban J connectivity index is 1.42. The number of ether oxygens (including phenoxy) is 1. The van der Waals surface area contributed by atoms with Gasteiger partial charge < -0.3 is 9.15 Å². The zero-order valence-electron chi connectivity index (χ0n) is 13.5. The normalized spacial score (nSPS) is 31.7. The van der Waals surface area contributed by atoms with E-state index in [1.54, 1.807) is 4.90 Å². The number of furan rings is 1. The van der Waals surface area contributed by atoms with Gasteiger partial charge in [-0.25, -0.2) is 9.69 Å². The number of carbonyl (C=O) groups excluding carboxylic acids is 1. The van der Waals surface area contributed by atoms with E-state index < -0.39 is 0 Å². The van der Waals surface area contributed by atoms with Crippen molar-refractivity contribution in [2.24, 2.45) is 5.92 Å². The fraction of sp³-hybridized carbons (Fsp3) is 0.421. The van der Waals surface area contributed by atoms with Crippen LogP contribution in [0.4, 0.5) is 10.7 Å². The van der Waals surface area contributed by atoms with Crippen LogP contribution in [0.3, 0.4) is 0 Å². The number of nitrogens with zero attached hydrogens (tertiary/aromatic N) is 2. The minimum Gasteiger partial charge on any atom is -0.440 e. The van der Waals surface area contributed by atoms with Gasteiger partial charge in [-0.15, -0.1) is 0 Å². The predicted molar refractivity (Wildman–Crippen MR) is 89.9 cm³/mol. The van der Waals surface area contributed by atoms with E-state index in [4.69, 9.17) is 9.15 Å². The topological polar surface area (TPSA) is 45.9 Å². The Morgan fingerprint density at radius 3 is 2.50 bits per heavy atom. The number of carbonyl (C=O) groups is 1. The van der Waals surface area contributed by atoms with Gasteiger partial charge in [0.15, 0.2) is 0 Å². The minimum atomic E-state index is -0.354. The second-order valence-corrected chi connectivity index (χ2v) is 7.07. The Morgan fingerprint density at radius 2 is 1.79 bits per heavy atom. The molecule has 2 aromatic rings. The number of benzene rings is 1. The van der Waals surface area contributed by atoms with Crippen molar-refractivity contribution in [3.05, 3.63) is 42.5 Å². The van der Waals surface area contributed by atoms with Gasteiger partial charge in [-0.05, 0) is 32.0 Å². The number of hydrogen-bond acceptors (Lipinski definition) is 4. The smallest absolute Gasteiger partial charge is 0.417 e. The van der Waals surface area contributed by atoms with Crippen LogP contribution < -0.4 is 4.90 Å². The molecule has 1 atom stereocenters. The van der Waals surface area contributed by atoms with Gasteiger partial charge in [0.1, 0.15) is 11.4 Å². The highest BCUT2D eigenvalue weighted by Crippen LogP contribution is 2.43. The zero-order valence-corrected chi connectivity index (χ0v) is 13.5. The van der Waals surface area contributed by atoms with E-state index in [1.165, 1.54) is 0 Å². The first-order valence-corrected chi connectivity index (χ1v) is 8.62. The molecule has 1 aromatic carbocycles. The lowest BCUT2D eigenvalue weighted by Gasteiger charge is -2.49. The van der Waals surface area contributed by atoms with Crippen LogP contribution in [0.5, 0.6) is 0 Å². The van der Waals surface area contributed by atoms with Crippen LogP contribution in [0.25, 0.3) is 11.3 Å². The highest BCUT2D eigenvalue weighted by atomic mass is 16.6. The number of anilines is 1. The van der Waals surface area contributed by atoms with Crippen LogP contribution >= 0.6 is 0 Å². The van der Waals surface area contributed by atoms with Crippen molar-refractivity contribution in [1.29, 1.82) is 0 Å². The van der Waals surface area contributed by atoms with Crippen LogP contribution in [0.1, 0.15) is 12.8 Å². The highest BCUT2D eigenvalue weighted by molar-refractivity contribution is 5.89. The molecule has 0 N–H and O–H groups in total. The van der Waals surface area contributed by atoms with Crippen LogP contribution in [-0.4, -0.2) is 42.8 Å². The molecule has 4 saturated heterocycles. The van der Waals surface area contributed by atoms with E-state index in [-0.39, 0.29) is 11.7 Å². The molecule has 4 fully saturated rings. The predicted octanol–water partition coefficient (Wildman–Crippen LogP) is 3.37. The zero-order chi connectivity index (χ0) is 16.1. The van der Waals surface area contributed by atoms with Crippen LogP contribution in [0.15, 0.2) is 46.9 Å². The van der Waals surface area contributed by atoms with E-state index >= 15 is 0 Å². The summed E-state index contributed by atoms with van der Waals surface area (Å²) in [4.78, 5) is 16.6. The van der Waals surface area contributed by atoms with Crippen molar-refractivity contribution < 1.29 is 13.9 Å². The van der Waals surface area contributed by atoms with Crippen molar-refractivity contribution >= 4 is 12.0 Å². The molecule has 0 unspecified atom stereocenters. The number of rotatable bonds is 2. The lowest BCUT2D eigenvalue weighted by molar-refractivity contribution is -0.0881. The molecule has 124 valence electrons. The van der Waals surface area contributed by atoms with Crippen molar-refractivity contribution in [1.82, 2.24) is 4.90 Å². The molecule has 5 nitrogen and oxygen atoms in total. The fourth-order valence-corrected chi connectivity index (χ4v) is 4.41. The van der Waals surface area contributed by atoms with Crippen molar-refractivity contribution in [3.63, 3.8) is 0 Å². The maximum atomic E-state index is 12.5. The van der Waals surface area contributed by atoms with Crippen LogP contribution in [0, 0.1) is 5.92 Å². The van der Waals surface area contributed by atoms with Gasteiger partial charge in [0, 0.05) is 24.1 Å². The average molecular weight is 324 g/mol. The Kier molecular flexibility index (Phi) is 3.00. The summed E-state index contributed by atoms with van der Waals surface area (Å²) in [5.41, 5.74) is 0.654. The maximum absolute atomic E-state index is 12.5. The Labute approximate surface area is 140 Å². The summed E-state index contributed by atoms with van der Waals surface area (Å²) in [7, 11) is 0. The molecule has 24 heavy (non-hydrogen) atoms. The Bertz CT molecular complexity index is 764. The lowest BCUT2D eigenvalue weighted by atomic mass is 9.75. The third-order valence-corrected chi connectivity index (χ3v) is 5.68. The third kappa shape index (κ3) is 2.08. The van der Waals surface area contributed by atoms with Gasteiger partial charge in [0.05, 0.1) is 6.54 Å².